The Bertz CT molecular complexity index is 494. The summed E-state index contributed by atoms with van der Waals surface area (Å²) in [7, 11) is 0. The minimum absolute atomic E-state index is 0.207. The third kappa shape index (κ3) is 2.59. The molecule has 0 aromatic carbocycles. The van der Waals surface area contributed by atoms with Crippen LogP contribution in [-0.4, -0.2) is 15.1 Å². The number of rotatable bonds is 3. The van der Waals surface area contributed by atoms with Crippen molar-refractivity contribution >= 4 is 17.6 Å². The van der Waals surface area contributed by atoms with Crippen molar-refractivity contribution in [1.29, 1.82) is 0 Å². The second kappa shape index (κ2) is 4.18. The van der Waals surface area contributed by atoms with Gasteiger partial charge < -0.3 is 15.2 Å². The Morgan fingerprint density at radius 2 is 2.47 bits per heavy atom. The fourth-order valence-corrected chi connectivity index (χ4v) is 1.75. The van der Waals surface area contributed by atoms with Crippen LogP contribution in [0.2, 0.25) is 0 Å². The van der Waals surface area contributed by atoms with Gasteiger partial charge in [-0.3, -0.25) is 4.79 Å². The third-order valence-corrected chi connectivity index (χ3v) is 2.48. The molecule has 0 unspecified atom stereocenters. The van der Waals surface area contributed by atoms with Gasteiger partial charge in [0.2, 0.25) is 0 Å². The lowest BCUT2D eigenvalue weighted by Crippen LogP contribution is -2.09. The van der Waals surface area contributed by atoms with Crippen molar-refractivity contribution in [2.24, 2.45) is 0 Å². The Morgan fingerprint density at radius 1 is 1.60 bits per heavy atom. The van der Waals surface area contributed by atoms with Crippen molar-refractivity contribution in [3.05, 3.63) is 34.4 Å². The van der Waals surface area contributed by atoms with Gasteiger partial charge in [-0.15, -0.1) is 0 Å². The molecule has 0 aliphatic carbocycles. The highest BCUT2D eigenvalue weighted by atomic mass is 32.2. The van der Waals surface area contributed by atoms with E-state index in [2.05, 4.69) is 15.1 Å². The summed E-state index contributed by atoms with van der Waals surface area (Å²) in [6, 6.07) is 2.98. The molecule has 2 aromatic rings. The van der Waals surface area contributed by atoms with Gasteiger partial charge in [0.1, 0.15) is 11.6 Å². The minimum Gasteiger partial charge on any atom is -0.383 e. The quantitative estimate of drug-likeness (QED) is 0.586. The minimum atomic E-state index is -0.262. The summed E-state index contributed by atoms with van der Waals surface area (Å²) >= 11 is 1.33. The maximum absolute atomic E-state index is 11.0. The number of aromatic amines is 1. The van der Waals surface area contributed by atoms with Gasteiger partial charge in [0.25, 0.3) is 5.56 Å². The summed E-state index contributed by atoms with van der Waals surface area (Å²) in [5, 5.41) is 4.03. The molecule has 15 heavy (non-hydrogen) atoms. The van der Waals surface area contributed by atoms with Gasteiger partial charge in [-0.1, -0.05) is 16.9 Å². The lowest BCUT2D eigenvalue weighted by molar-refractivity contribution is 0.395. The fourth-order valence-electron chi connectivity index (χ4n) is 0.978. The summed E-state index contributed by atoms with van der Waals surface area (Å²) < 4.78 is 4.89. The molecule has 0 saturated heterocycles. The molecule has 2 aromatic heterocycles. The summed E-state index contributed by atoms with van der Waals surface area (Å²) in [5.41, 5.74) is 5.17. The van der Waals surface area contributed by atoms with E-state index in [1.165, 1.54) is 17.8 Å². The normalized spacial score (nSPS) is 10.4. The van der Waals surface area contributed by atoms with Gasteiger partial charge in [-0.05, 0) is 0 Å². The summed E-state index contributed by atoms with van der Waals surface area (Å²) in [5.74, 6) is 1.47. The molecule has 0 saturated carbocycles. The van der Waals surface area contributed by atoms with Crippen LogP contribution in [0.3, 0.4) is 0 Å². The number of anilines is 1. The van der Waals surface area contributed by atoms with Crippen molar-refractivity contribution < 1.29 is 4.52 Å². The summed E-state index contributed by atoms with van der Waals surface area (Å²) in [6.45, 7) is 0. The lowest BCUT2D eigenvalue weighted by Gasteiger charge is -1.98. The first-order valence-electron chi connectivity index (χ1n) is 4.13. The van der Waals surface area contributed by atoms with E-state index in [1.54, 1.807) is 12.3 Å². The van der Waals surface area contributed by atoms with E-state index >= 15 is 0 Å². The number of aromatic nitrogens is 3. The average Bonchev–Trinajstić information content (AvgIpc) is 2.65. The Hall–Kier alpha value is -1.76. The molecule has 2 heterocycles. The largest absolute Gasteiger partial charge is 0.383 e. The Labute approximate surface area is 88.9 Å². The standard InChI is InChI=1S/C8H8N4O2S/c9-6-3-7(13)12-8(11-6)15-4-5-1-2-10-14-5/h1-3H,4H2,(H3,9,11,12,13). The number of hydrogen-bond donors (Lipinski definition) is 2. The van der Waals surface area contributed by atoms with E-state index in [-0.39, 0.29) is 11.4 Å². The third-order valence-electron chi connectivity index (χ3n) is 1.58. The monoisotopic (exact) mass is 224 g/mol. The zero-order valence-electron chi connectivity index (χ0n) is 7.64. The molecule has 6 nitrogen and oxygen atoms in total. The predicted octanol–water partition coefficient (Wildman–Crippen LogP) is 0.632. The first-order valence-corrected chi connectivity index (χ1v) is 5.12. The second-order valence-electron chi connectivity index (χ2n) is 2.74. The highest BCUT2D eigenvalue weighted by molar-refractivity contribution is 7.98. The number of H-pyrrole nitrogens is 1. The molecule has 0 aliphatic rings. The van der Waals surface area contributed by atoms with E-state index in [0.717, 1.165) is 0 Å². The van der Waals surface area contributed by atoms with E-state index < -0.39 is 0 Å². The van der Waals surface area contributed by atoms with Crippen LogP contribution in [0.4, 0.5) is 5.82 Å². The maximum Gasteiger partial charge on any atom is 0.253 e. The van der Waals surface area contributed by atoms with Crippen molar-refractivity contribution in [2.45, 2.75) is 10.9 Å². The zero-order chi connectivity index (χ0) is 10.7. The number of thioether (sulfide) groups is 1. The molecule has 0 spiro atoms. The molecule has 0 atom stereocenters. The van der Waals surface area contributed by atoms with Crippen LogP contribution in [0.1, 0.15) is 5.76 Å². The Kier molecular flexibility index (Phi) is 2.72. The van der Waals surface area contributed by atoms with Crippen LogP contribution in [0.15, 0.2) is 32.8 Å². The van der Waals surface area contributed by atoms with E-state index in [9.17, 15) is 4.79 Å². The molecule has 0 radical (unpaired) electrons. The first kappa shape index (κ1) is 9.78. The van der Waals surface area contributed by atoms with E-state index in [0.29, 0.717) is 16.7 Å². The van der Waals surface area contributed by atoms with Gasteiger partial charge in [0, 0.05) is 12.1 Å². The number of nitrogens with zero attached hydrogens (tertiary/aromatic N) is 2. The smallest absolute Gasteiger partial charge is 0.253 e. The van der Waals surface area contributed by atoms with Crippen LogP contribution in [-0.2, 0) is 5.75 Å². The zero-order valence-corrected chi connectivity index (χ0v) is 8.45. The Morgan fingerprint density at radius 3 is 3.13 bits per heavy atom. The van der Waals surface area contributed by atoms with Crippen molar-refractivity contribution in [1.82, 2.24) is 15.1 Å². The van der Waals surface area contributed by atoms with Crippen molar-refractivity contribution in [2.75, 3.05) is 5.73 Å². The fraction of sp³-hybridized carbons (Fsp3) is 0.125. The van der Waals surface area contributed by atoms with E-state index in [1.807, 2.05) is 0 Å². The SMILES string of the molecule is Nc1cc(=O)[nH]c(SCc2ccno2)n1. The van der Waals surface area contributed by atoms with Gasteiger partial charge in [-0.25, -0.2) is 4.98 Å². The number of nitrogen functional groups attached to an aromatic ring is 1. The lowest BCUT2D eigenvalue weighted by atomic mass is 10.5. The highest BCUT2D eigenvalue weighted by Gasteiger charge is 2.02. The second-order valence-corrected chi connectivity index (χ2v) is 3.71. The van der Waals surface area contributed by atoms with Crippen molar-refractivity contribution in [3.63, 3.8) is 0 Å². The summed E-state index contributed by atoms with van der Waals surface area (Å²) in [6.07, 6.45) is 1.56. The molecule has 0 bridgehead atoms. The number of nitrogens with two attached hydrogens (primary N) is 1. The number of nitrogens with one attached hydrogen (secondary N) is 1. The van der Waals surface area contributed by atoms with E-state index in [4.69, 9.17) is 10.3 Å². The molecule has 78 valence electrons. The molecular weight excluding hydrogens is 216 g/mol. The molecule has 0 aliphatic heterocycles. The van der Waals surface area contributed by atoms with Crippen LogP contribution in [0.25, 0.3) is 0 Å². The van der Waals surface area contributed by atoms with Crippen LogP contribution < -0.4 is 11.3 Å². The molecule has 7 heteroatoms. The van der Waals surface area contributed by atoms with Crippen molar-refractivity contribution in [3.8, 4) is 0 Å². The molecule has 2 rings (SSSR count). The predicted molar refractivity (Wildman–Crippen MR) is 55.3 cm³/mol. The summed E-state index contributed by atoms with van der Waals surface area (Å²) in [4.78, 5) is 17.6. The van der Waals surface area contributed by atoms with Gasteiger partial charge in [0.15, 0.2) is 5.16 Å². The molecule has 0 amide bonds. The van der Waals surface area contributed by atoms with Gasteiger partial charge in [0.05, 0.1) is 11.9 Å². The molecule has 3 N–H and O–H groups in total. The topological polar surface area (TPSA) is 97.8 Å². The van der Waals surface area contributed by atoms with Gasteiger partial charge in [-0.2, -0.15) is 0 Å². The van der Waals surface area contributed by atoms with Crippen LogP contribution in [0.5, 0.6) is 0 Å². The molecular formula is C8H8N4O2S. The molecule has 0 fully saturated rings. The van der Waals surface area contributed by atoms with Crippen LogP contribution >= 0.6 is 11.8 Å². The maximum atomic E-state index is 11.0. The number of hydrogen-bond acceptors (Lipinski definition) is 6. The van der Waals surface area contributed by atoms with Gasteiger partial charge >= 0.3 is 0 Å². The first-order chi connectivity index (χ1) is 7.24. The van der Waals surface area contributed by atoms with Crippen LogP contribution in [0, 0.1) is 0 Å². The highest BCUT2D eigenvalue weighted by Crippen LogP contribution is 2.17. The average molecular weight is 224 g/mol. The Balaban J connectivity index is 2.08.